The van der Waals surface area contributed by atoms with Crippen molar-refractivity contribution >= 4 is 17.8 Å². The highest BCUT2D eigenvalue weighted by molar-refractivity contribution is 6.07. The zero-order valence-corrected chi connectivity index (χ0v) is 18.4. The van der Waals surface area contributed by atoms with Crippen LogP contribution in [0.3, 0.4) is 0 Å². The van der Waals surface area contributed by atoms with Crippen LogP contribution in [0.1, 0.15) is 57.2 Å². The Balaban J connectivity index is 0.00000341. The van der Waals surface area contributed by atoms with Crippen molar-refractivity contribution < 1.29 is 9.18 Å². The van der Waals surface area contributed by atoms with Crippen LogP contribution in [0.5, 0.6) is 0 Å². The number of nitrogens with one attached hydrogen (secondary N) is 1. The maximum absolute atomic E-state index is 14.2. The van der Waals surface area contributed by atoms with Gasteiger partial charge in [0.05, 0.1) is 6.04 Å². The Morgan fingerprint density at radius 3 is 2.39 bits per heavy atom. The molecule has 1 aromatic heterocycles. The number of aryl methyl sites for hydroxylation is 2. The molecule has 1 unspecified atom stereocenters. The fourth-order valence-electron chi connectivity index (χ4n) is 4.50. The van der Waals surface area contributed by atoms with Crippen LogP contribution >= 0.6 is 0 Å². The Morgan fingerprint density at radius 2 is 1.90 bits per heavy atom. The predicted octanol–water partition coefficient (Wildman–Crippen LogP) is 4.29. The van der Waals surface area contributed by atoms with E-state index in [1.54, 1.807) is 42.8 Å². The molecule has 7 heteroatoms. The third kappa shape index (κ3) is 4.27. The average Bonchev–Trinajstić information content (AvgIpc) is 3.13. The fraction of sp³-hybridized carbons (Fsp3) is 0.458. The standard InChI is InChI=1S/C23H29FN4O2.CH4/c1-13-9-18(10-14(2)21(13)24)16(4)22(27-8-7-26-23(27)30)20-17(5)28(12-29)15(3)11-19(20)25-6;/h7-10,12,15-17H,11H2,1-6H3,(H,26,30);1H4/b22-20+,25-19?;/t15-,16?,17+;/m1./s1. The zero-order valence-electron chi connectivity index (χ0n) is 18.4. The molecule has 31 heavy (non-hydrogen) atoms. The number of likely N-dealkylation sites (tertiary alicyclic amines) is 1. The van der Waals surface area contributed by atoms with E-state index in [1.807, 2.05) is 32.9 Å². The molecule has 1 aliphatic rings. The lowest BCUT2D eigenvalue weighted by atomic mass is 9.83. The summed E-state index contributed by atoms with van der Waals surface area (Å²) >= 11 is 0. The summed E-state index contributed by atoms with van der Waals surface area (Å²) in [6.07, 6.45) is 4.74. The van der Waals surface area contributed by atoms with Gasteiger partial charge >= 0.3 is 5.69 Å². The number of allylic oxidation sites excluding steroid dienone is 1. The molecule has 3 atom stereocenters. The van der Waals surface area contributed by atoms with E-state index in [2.05, 4.69) is 9.98 Å². The molecular weight excluding hydrogens is 395 g/mol. The Labute approximate surface area is 183 Å². The number of carbonyl (C=O) groups is 1. The third-order valence-electron chi connectivity index (χ3n) is 6.12. The number of carbonyl (C=O) groups excluding carboxylic acids is 1. The van der Waals surface area contributed by atoms with Crippen LogP contribution in [0, 0.1) is 19.7 Å². The van der Waals surface area contributed by atoms with Gasteiger partial charge in [0.25, 0.3) is 0 Å². The number of aliphatic imine (C=N–C) groups is 1. The number of amides is 1. The van der Waals surface area contributed by atoms with E-state index >= 15 is 0 Å². The van der Waals surface area contributed by atoms with Gasteiger partial charge in [0, 0.05) is 54.8 Å². The minimum Gasteiger partial charge on any atom is -0.335 e. The first-order valence-corrected chi connectivity index (χ1v) is 10.2. The Hall–Kier alpha value is -2.96. The average molecular weight is 429 g/mol. The summed E-state index contributed by atoms with van der Waals surface area (Å²) < 4.78 is 15.8. The van der Waals surface area contributed by atoms with Gasteiger partial charge < -0.3 is 9.88 Å². The highest BCUT2D eigenvalue weighted by atomic mass is 19.1. The maximum atomic E-state index is 14.2. The molecule has 1 amide bonds. The van der Waals surface area contributed by atoms with Crippen molar-refractivity contribution in [3.05, 3.63) is 63.1 Å². The minimum absolute atomic E-state index is 0. The van der Waals surface area contributed by atoms with Gasteiger partial charge in [0.15, 0.2) is 0 Å². The van der Waals surface area contributed by atoms with Crippen molar-refractivity contribution in [1.82, 2.24) is 14.5 Å². The summed E-state index contributed by atoms with van der Waals surface area (Å²) in [7, 11) is 1.74. The number of benzene rings is 1. The molecule has 1 N–H and O–H groups in total. The van der Waals surface area contributed by atoms with E-state index in [0.717, 1.165) is 29.0 Å². The SMILES string of the molecule is C.CN=C1C[C@@H](C)N(C=O)[C@@H](C)/C1=C(/C(C)c1cc(C)c(F)c(C)c1)n1cc[nH]c1=O. The van der Waals surface area contributed by atoms with Crippen LogP contribution in [-0.4, -0.2) is 45.7 Å². The molecular formula is C24H33FN4O2. The summed E-state index contributed by atoms with van der Waals surface area (Å²) in [5, 5.41) is 0. The van der Waals surface area contributed by atoms with E-state index in [4.69, 9.17) is 0 Å². The highest BCUT2D eigenvalue weighted by Crippen LogP contribution is 2.37. The number of halogens is 1. The number of H-pyrrole nitrogens is 1. The first-order chi connectivity index (χ1) is 14.2. The molecule has 0 aliphatic carbocycles. The van der Waals surface area contributed by atoms with E-state index in [1.165, 1.54) is 0 Å². The van der Waals surface area contributed by atoms with Crippen molar-refractivity contribution in [1.29, 1.82) is 0 Å². The van der Waals surface area contributed by atoms with Gasteiger partial charge in [0.2, 0.25) is 6.41 Å². The van der Waals surface area contributed by atoms with Crippen LogP contribution < -0.4 is 5.69 Å². The van der Waals surface area contributed by atoms with Gasteiger partial charge in [-0.3, -0.25) is 14.4 Å². The third-order valence-corrected chi connectivity index (χ3v) is 6.12. The van der Waals surface area contributed by atoms with Crippen molar-refractivity contribution in [2.24, 2.45) is 4.99 Å². The fourth-order valence-corrected chi connectivity index (χ4v) is 4.50. The second-order valence-electron chi connectivity index (χ2n) is 8.08. The van der Waals surface area contributed by atoms with Crippen LogP contribution in [0.4, 0.5) is 4.39 Å². The lowest BCUT2D eigenvalue weighted by molar-refractivity contribution is -0.121. The number of hydrogen-bond donors (Lipinski definition) is 1. The Kier molecular flexibility index (Phi) is 7.41. The van der Waals surface area contributed by atoms with Crippen molar-refractivity contribution in [2.45, 2.75) is 66.5 Å². The van der Waals surface area contributed by atoms with E-state index < -0.39 is 0 Å². The maximum Gasteiger partial charge on any atom is 0.329 e. The van der Waals surface area contributed by atoms with E-state index in [-0.39, 0.29) is 36.9 Å². The van der Waals surface area contributed by atoms with Crippen LogP contribution in [-0.2, 0) is 4.79 Å². The molecule has 0 spiro atoms. The number of hydrogen-bond acceptors (Lipinski definition) is 3. The van der Waals surface area contributed by atoms with Crippen molar-refractivity contribution in [3.63, 3.8) is 0 Å². The molecule has 0 saturated carbocycles. The van der Waals surface area contributed by atoms with Gasteiger partial charge in [-0.1, -0.05) is 26.5 Å². The lowest BCUT2D eigenvalue weighted by Crippen LogP contribution is -2.48. The number of rotatable bonds is 4. The molecule has 1 fully saturated rings. The molecule has 1 aromatic carbocycles. The second kappa shape index (κ2) is 9.45. The lowest BCUT2D eigenvalue weighted by Gasteiger charge is -2.40. The second-order valence-corrected chi connectivity index (χ2v) is 8.08. The minimum atomic E-state index is -0.265. The Morgan fingerprint density at radius 1 is 1.29 bits per heavy atom. The summed E-state index contributed by atoms with van der Waals surface area (Å²) in [5.74, 6) is -0.450. The van der Waals surface area contributed by atoms with Gasteiger partial charge in [-0.05, 0) is 44.4 Å². The van der Waals surface area contributed by atoms with Crippen LogP contribution in [0.15, 0.2) is 39.9 Å². The molecule has 2 aromatic rings. The number of aromatic amines is 1. The van der Waals surface area contributed by atoms with E-state index in [9.17, 15) is 14.0 Å². The monoisotopic (exact) mass is 428 g/mol. The van der Waals surface area contributed by atoms with Crippen molar-refractivity contribution in [3.8, 4) is 0 Å². The molecule has 0 bridgehead atoms. The smallest absolute Gasteiger partial charge is 0.329 e. The molecule has 3 rings (SSSR count). The van der Waals surface area contributed by atoms with E-state index in [0.29, 0.717) is 17.5 Å². The first-order valence-electron chi connectivity index (χ1n) is 10.2. The topological polar surface area (TPSA) is 70.5 Å². The number of imidazole rings is 1. The number of piperidine rings is 1. The highest BCUT2D eigenvalue weighted by Gasteiger charge is 2.35. The van der Waals surface area contributed by atoms with Crippen LogP contribution in [0.25, 0.3) is 5.70 Å². The quantitative estimate of drug-likeness (QED) is 0.738. The summed E-state index contributed by atoms with van der Waals surface area (Å²) in [5.41, 5.74) is 4.24. The molecule has 6 nitrogen and oxygen atoms in total. The molecule has 168 valence electrons. The summed E-state index contributed by atoms with van der Waals surface area (Å²) in [6, 6.07) is 3.39. The predicted molar refractivity (Wildman–Crippen MR) is 124 cm³/mol. The van der Waals surface area contributed by atoms with Crippen LogP contribution in [0.2, 0.25) is 0 Å². The summed E-state index contributed by atoms with van der Waals surface area (Å²) in [4.78, 5) is 33.4. The van der Waals surface area contributed by atoms with Gasteiger partial charge in [-0.25, -0.2) is 9.18 Å². The summed E-state index contributed by atoms with van der Waals surface area (Å²) in [6.45, 7) is 9.43. The first kappa shape index (κ1) is 24.3. The number of aromatic nitrogens is 2. The molecule has 1 aliphatic heterocycles. The molecule has 2 heterocycles. The van der Waals surface area contributed by atoms with Gasteiger partial charge in [-0.2, -0.15) is 0 Å². The number of nitrogens with zero attached hydrogens (tertiary/aromatic N) is 3. The van der Waals surface area contributed by atoms with Gasteiger partial charge in [-0.15, -0.1) is 0 Å². The van der Waals surface area contributed by atoms with Gasteiger partial charge in [0.1, 0.15) is 5.82 Å². The molecule has 1 saturated heterocycles. The zero-order chi connectivity index (χ0) is 22.2. The largest absolute Gasteiger partial charge is 0.335 e. The van der Waals surface area contributed by atoms with Crippen molar-refractivity contribution in [2.75, 3.05) is 7.05 Å². The molecule has 0 radical (unpaired) electrons. The Bertz CT molecular complexity index is 1060. The normalized spacial score (nSPS) is 22.8.